The summed E-state index contributed by atoms with van der Waals surface area (Å²) in [4.78, 5) is 30.2. The van der Waals surface area contributed by atoms with Gasteiger partial charge in [0.05, 0.1) is 43.1 Å². The summed E-state index contributed by atoms with van der Waals surface area (Å²) in [6, 6.07) is 5.03. The van der Waals surface area contributed by atoms with Crippen LogP contribution in [0.15, 0.2) is 28.1 Å². The molecule has 0 saturated carbocycles. The summed E-state index contributed by atoms with van der Waals surface area (Å²) >= 11 is 1.07. The third-order valence-corrected chi connectivity index (χ3v) is 4.90. The van der Waals surface area contributed by atoms with Gasteiger partial charge in [-0.05, 0) is 29.5 Å². The minimum atomic E-state index is -0.411. The molecule has 3 rings (SSSR count). The van der Waals surface area contributed by atoms with Crippen LogP contribution >= 0.6 is 11.8 Å². The molecule has 2 aliphatic heterocycles. The van der Waals surface area contributed by atoms with E-state index in [0.29, 0.717) is 16.2 Å². The van der Waals surface area contributed by atoms with Crippen LogP contribution in [-0.4, -0.2) is 49.2 Å². The molecule has 0 unspecified atom stereocenters. The number of aliphatic imine (C=N–C) groups is 1. The number of piperazine rings is 1. The Morgan fingerprint density at radius 2 is 2.12 bits per heavy atom. The molecule has 0 bridgehead atoms. The maximum Gasteiger partial charge on any atom is 0.293 e. The number of carbonyl (C=O) groups is 1. The second kappa shape index (κ2) is 6.62. The molecule has 2 aliphatic rings. The topological polar surface area (TPSA) is 106 Å². The highest BCUT2D eigenvalue weighted by atomic mass is 32.2. The van der Waals surface area contributed by atoms with Crippen LogP contribution in [0.5, 0.6) is 0 Å². The van der Waals surface area contributed by atoms with Gasteiger partial charge in [-0.1, -0.05) is 6.07 Å². The van der Waals surface area contributed by atoms with E-state index >= 15 is 0 Å². The summed E-state index contributed by atoms with van der Waals surface area (Å²) in [5.41, 5.74) is 6.77. The number of hydrogen-bond donors (Lipinski definition) is 2. The molecule has 8 nitrogen and oxygen atoms in total. The predicted molar refractivity (Wildman–Crippen MR) is 94.1 cm³/mol. The monoisotopic (exact) mass is 348 g/mol. The van der Waals surface area contributed by atoms with Crippen LogP contribution in [0.4, 0.5) is 11.4 Å². The van der Waals surface area contributed by atoms with E-state index < -0.39 is 5.91 Å². The van der Waals surface area contributed by atoms with Crippen molar-refractivity contribution in [3.05, 3.63) is 38.8 Å². The standard InChI is InChI=1S/C15H17N5O3S/c1-18-4-6-19(7-5-18)11-3-2-10(8-12(11)20(22)23)9-13-14(21)17-15(16)24-13/h2-3,8-9H,4-7H2,1H3,(H2,16,17,21)/p+1/b13-9-. The van der Waals surface area contributed by atoms with Crippen LogP contribution in [-0.2, 0) is 4.79 Å². The molecule has 2 heterocycles. The number of amidine groups is 1. The number of hydrogen-bond acceptors (Lipinski definition) is 6. The second-order valence-corrected chi connectivity index (χ2v) is 6.88. The van der Waals surface area contributed by atoms with Gasteiger partial charge in [0.15, 0.2) is 5.17 Å². The van der Waals surface area contributed by atoms with E-state index in [0.717, 1.165) is 37.9 Å². The molecule has 9 heteroatoms. The normalized spacial score (nSPS) is 20.5. The molecule has 0 atom stereocenters. The predicted octanol–water partition coefficient (Wildman–Crippen LogP) is -0.141. The zero-order chi connectivity index (χ0) is 17.3. The summed E-state index contributed by atoms with van der Waals surface area (Å²) < 4.78 is 0. The first-order valence-electron chi connectivity index (χ1n) is 7.57. The molecule has 1 aromatic carbocycles. The van der Waals surface area contributed by atoms with Crippen molar-refractivity contribution in [2.45, 2.75) is 0 Å². The van der Waals surface area contributed by atoms with Crippen LogP contribution in [0.2, 0.25) is 0 Å². The SMILES string of the molecule is C[NH+]1CCN(c2ccc(/C=C3\SC(N)=NC3=O)cc2[N+](=O)[O-])CC1. The Hall–Kier alpha value is -2.39. The van der Waals surface area contributed by atoms with Crippen molar-refractivity contribution in [3.63, 3.8) is 0 Å². The summed E-state index contributed by atoms with van der Waals surface area (Å²) in [6.07, 6.45) is 1.58. The molecular formula is C15H18N5O3S+. The number of anilines is 1. The van der Waals surface area contributed by atoms with Gasteiger partial charge < -0.3 is 15.5 Å². The number of likely N-dealkylation sites (N-methyl/N-ethyl adjacent to an activating group) is 1. The molecule has 0 aliphatic carbocycles. The minimum Gasteiger partial charge on any atom is -0.378 e. The van der Waals surface area contributed by atoms with Crippen molar-refractivity contribution in [1.29, 1.82) is 0 Å². The highest BCUT2D eigenvalue weighted by Crippen LogP contribution is 2.32. The fourth-order valence-corrected chi connectivity index (χ4v) is 3.43. The largest absolute Gasteiger partial charge is 0.378 e. The van der Waals surface area contributed by atoms with Crippen molar-refractivity contribution in [2.24, 2.45) is 10.7 Å². The van der Waals surface area contributed by atoms with Crippen molar-refractivity contribution in [1.82, 2.24) is 0 Å². The number of rotatable bonds is 3. The molecule has 24 heavy (non-hydrogen) atoms. The molecule has 1 aromatic rings. The number of carbonyl (C=O) groups excluding carboxylic acids is 1. The molecule has 0 spiro atoms. The lowest BCUT2D eigenvalue weighted by Gasteiger charge is -2.31. The molecule has 1 amide bonds. The maximum absolute atomic E-state index is 11.7. The number of nitrogens with two attached hydrogens (primary N) is 1. The highest BCUT2D eigenvalue weighted by Gasteiger charge is 2.25. The number of nitro benzene ring substituents is 1. The molecule has 0 radical (unpaired) electrons. The van der Waals surface area contributed by atoms with E-state index in [-0.39, 0.29) is 15.8 Å². The van der Waals surface area contributed by atoms with E-state index in [9.17, 15) is 14.9 Å². The molecule has 1 fully saturated rings. The Balaban J connectivity index is 1.89. The van der Waals surface area contributed by atoms with E-state index in [1.54, 1.807) is 18.2 Å². The number of nitrogens with one attached hydrogen (secondary N) is 1. The molecular weight excluding hydrogens is 330 g/mol. The van der Waals surface area contributed by atoms with Crippen LogP contribution in [0.1, 0.15) is 5.56 Å². The second-order valence-electron chi connectivity index (χ2n) is 5.82. The zero-order valence-electron chi connectivity index (χ0n) is 13.2. The summed E-state index contributed by atoms with van der Waals surface area (Å²) in [5, 5.41) is 11.7. The highest BCUT2D eigenvalue weighted by molar-refractivity contribution is 8.18. The van der Waals surface area contributed by atoms with Gasteiger partial charge >= 0.3 is 0 Å². The Morgan fingerprint density at radius 3 is 2.71 bits per heavy atom. The first-order chi connectivity index (χ1) is 11.4. The lowest BCUT2D eigenvalue weighted by Crippen LogP contribution is -3.12. The molecule has 0 aromatic heterocycles. The number of benzene rings is 1. The average molecular weight is 348 g/mol. The zero-order valence-corrected chi connectivity index (χ0v) is 14.0. The van der Waals surface area contributed by atoms with Gasteiger partial charge in [-0.15, -0.1) is 0 Å². The number of amides is 1. The van der Waals surface area contributed by atoms with Crippen LogP contribution in [0.25, 0.3) is 6.08 Å². The van der Waals surface area contributed by atoms with Crippen molar-refractivity contribution in [2.75, 3.05) is 38.1 Å². The number of quaternary nitrogens is 1. The van der Waals surface area contributed by atoms with E-state index in [4.69, 9.17) is 5.73 Å². The maximum atomic E-state index is 11.7. The molecule has 1 saturated heterocycles. The number of nitrogens with zero attached hydrogens (tertiary/aromatic N) is 3. The number of thioether (sulfide) groups is 1. The van der Waals surface area contributed by atoms with Crippen LogP contribution in [0, 0.1) is 10.1 Å². The average Bonchev–Trinajstić information content (AvgIpc) is 2.85. The minimum absolute atomic E-state index is 0.0493. The fraction of sp³-hybridized carbons (Fsp3) is 0.333. The summed E-state index contributed by atoms with van der Waals surface area (Å²) in [6.45, 7) is 3.47. The van der Waals surface area contributed by atoms with E-state index in [1.807, 2.05) is 4.90 Å². The van der Waals surface area contributed by atoms with Crippen LogP contribution < -0.4 is 15.5 Å². The Bertz CT molecular complexity index is 753. The Kier molecular flexibility index (Phi) is 4.54. The van der Waals surface area contributed by atoms with Gasteiger partial charge in [0.2, 0.25) is 0 Å². The van der Waals surface area contributed by atoms with Gasteiger partial charge in [0.25, 0.3) is 11.6 Å². The first kappa shape index (κ1) is 16.5. The number of nitro groups is 1. The molecule has 126 valence electrons. The van der Waals surface area contributed by atoms with Crippen LogP contribution in [0.3, 0.4) is 0 Å². The van der Waals surface area contributed by atoms with Gasteiger partial charge in [-0.3, -0.25) is 14.9 Å². The lowest BCUT2D eigenvalue weighted by molar-refractivity contribution is -0.880. The van der Waals surface area contributed by atoms with E-state index in [1.165, 1.54) is 11.0 Å². The van der Waals surface area contributed by atoms with Crippen molar-refractivity contribution < 1.29 is 14.6 Å². The summed E-state index contributed by atoms with van der Waals surface area (Å²) in [7, 11) is 2.12. The van der Waals surface area contributed by atoms with Gasteiger partial charge in [0.1, 0.15) is 5.69 Å². The Morgan fingerprint density at radius 1 is 1.42 bits per heavy atom. The summed E-state index contributed by atoms with van der Waals surface area (Å²) in [5.74, 6) is -0.411. The lowest BCUT2D eigenvalue weighted by atomic mass is 10.1. The fourth-order valence-electron chi connectivity index (χ4n) is 2.75. The quantitative estimate of drug-likeness (QED) is 0.447. The van der Waals surface area contributed by atoms with Gasteiger partial charge in [-0.2, -0.15) is 4.99 Å². The van der Waals surface area contributed by atoms with Gasteiger partial charge in [-0.25, -0.2) is 0 Å². The smallest absolute Gasteiger partial charge is 0.293 e. The van der Waals surface area contributed by atoms with E-state index in [2.05, 4.69) is 12.0 Å². The molecule has 3 N–H and O–H groups in total. The van der Waals surface area contributed by atoms with Crippen molar-refractivity contribution >= 4 is 40.3 Å². The third kappa shape index (κ3) is 3.41. The van der Waals surface area contributed by atoms with Gasteiger partial charge in [0, 0.05) is 6.07 Å². The van der Waals surface area contributed by atoms with Crippen molar-refractivity contribution in [3.8, 4) is 0 Å². The first-order valence-corrected chi connectivity index (χ1v) is 8.38. The Labute approximate surface area is 143 Å². The third-order valence-electron chi connectivity index (χ3n) is 4.09.